The van der Waals surface area contributed by atoms with Crippen molar-refractivity contribution in [3.8, 4) is 33.6 Å². The first-order chi connectivity index (χ1) is 15.9. The summed E-state index contributed by atoms with van der Waals surface area (Å²) in [5, 5.41) is 2.61. The largest absolute Gasteiger partial charge is 0.253 e. The van der Waals surface area contributed by atoms with Crippen molar-refractivity contribution in [3.05, 3.63) is 84.7 Å². The highest BCUT2D eigenvalue weighted by Crippen LogP contribution is 2.37. The second kappa shape index (κ2) is 9.00. The lowest BCUT2D eigenvalue weighted by molar-refractivity contribution is 0.621. The first-order valence-electron chi connectivity index (χ1n) is 11.5. The van der Waals surface area contributed by atoms with Crippen LogP contribution in [0.2, 0.25) is 39.3 Å². The maximum Gasteiger partial charge on any atom is 0.141 e. The molecule has 0 radical (unpaired) electrons. The lowest BCUT2D eigenvalue weighted by atomic mass is 9.92. The van der Waals surface area contributed by atoms with Gasteiger partial charge in [0.15, 0.2) is 0 Å². The Bertz CT molecular complexity index is 1220. The maximum absolute atomic E-state index is 13.7. The highest BCUT2D eigenvalue weighted by atomic mass is 28.3. The minimum atomic E-state index is -1.60. The Hall–Kier alpha value is -2.97. The van der Waals surface area contributed by atoms with Crippen LogP contribution in [0.15, 0.2) is 73.1 Å². The molecule has 0 fully saturated rings. The fourth-order valence-electron chi connectivity index (χ4n) is 3.99. The van der Waals surface area contributed by atoms with E-state index in [2.05, 4.69) is 85.6 Å². The first kappa shape index (κ1) is 24.2. The van der Waals surface area contributed by atoms with Crippen LogP contribution >= 0.6 is 0 Å². The molecular formula is C28H30F2N2Si2. The Labute approximate surface area is 202 Å². The van der Waals surface area contributed by atoms with Gasteiger partial charge in [-0.05, 0) is 35.4 Å². The summed E-state index contributed by atoms with van der Waals surface area (Å²) in [5.74, 6) is -0.718. The summed E-state index contributed by atoms with van der Waals surface area (Å²) >= 11 is 0. The predicted octanol–water partition coefficient (Wildman–Crippen LogP) is 6.85. The van der Waals surface area contributed by atoms with Gasteiger partial charge in [-0.15, -0.1) is 0 Å². The molecule has 2 nitrogen and oxygen atoms in total. The van der Waals surface area contributed by atoms with Crippen LogP contribution < -0.4 is 10.4 Å². The van der Waals surface area contributed by atoms with Crippen molar-refractivity contribution < 1.29 is 8.78 Å². The van der Waals surface area contributed by atoms with Gasteiger partial charge in [0.05, 0.1) is 39.9 Å². The topological polar surface area (TPSA) is 25.8 Å². The van der Waals surface area contributed by atoms with Gasteiger partial charge in [-0.1, -0.05) is 86.1 Å². The fraction of sp³-hybridized carbons (Fsp3) is 0.214. The summed E-state index contributed by atoms with van der Waals surface area (Å²) in [6, 6.07) is 19.4. The molecule has 0 N–H and O–H groups in total. The zero-order valence-corrected chi connectivity index (χ0v) is 22.6. The molecule has 6 heteroatoms. The average molecular weight is 489 g/mol. The van der Waals surface area contributed by atoms with Crippen LogP contribution in [0.4, 0.5) is 8.78 Å². The molecule has 174 valence electrons. The molecule has 0 atom stereocenters. The molecule has 0 saturated carbocycles. The first-order valence-corrected chi connectivity index (χ1v) is 18.5. The average Bonchev–Trinajstić information content (AvgIpc) is 2.78. The standard InChI is InChI=1S/C28H30F2N2Si2/c1-33(2,3)21-9-11-23(25(15-21)27-13-7-19(29)17-31-27)24-12-10-22(34(4,5)6)16-26(24)28-14-8-20(30)18-32-28/h7-18H,1-6H3. The van der Waals surface area contributed by atoms with Crippen LogP contribution in [0.1, 0.15) is 0 Å². The number of benzene rings is 2. The van der Waals surface area contributed by atoms with E-state index < -0.39 is 16.1 Å². The van der Waals surface area contributed by atoms with Crippen molar-refractivity contribution in [1.82, 2.24) is 9.97 Å². The van der Waals surface area contributed by atoms with E-state index in [1.165, 1.54) is 34.9 Å². The number of rotatable bonds is 5. The monoisotopic (exact) mass is 488 g/mol. The predicted molar refractivity (Wildman–Crippen MR) is 144 cm³/mol. The molecule has 2 aromatic carbocycles. The minimum absolute atomic E-state index is 0.359. The summed E-state index contributed by atoms with van der Waals surface area (Å²) in [5.41, 5.74) is 5.38. The second-order valence-corrected chi connectivity index (χ2v) is 20.9. The van der Waals surface area contributed by atoms with E-state index in [-0.39, 0.29) is 11.6 Å². The number of halogens is 2. The molecule has 0 aliphatic rings. The molecule has 0 bridgehead atoms. The molecular weight excluding hydrogens is 458 g/mol. The van der Waals surface area contributed by atoms with Gasteiger partial charge in [-0.25, -0.2) is 8.78 Å². The van der Waals surface area contributed by atoms with Crippen LogP contribution in [0, 0.1) is 11.6 Å². The number of nitrogens with zero attached hydrogens (tertiary/aromatic N) is 2. The van der Waals surface area contributed by atoms with E-state index in [1.54, 1.807) is 12.1 Å². The number of hydrogen-bond acceptors (Lipinski definition) is 2. The van der Waals surface area contributed by atoms with Crippen molar-refractivity contribution in [3.63, 3.8) is 0 Å². The molecule has 0 spiro atoms. The zero-order chi connectivity index (χ0) is 24.7. The summed E-state index contributed by atoms with van der Waals surface area (Å²) in [6.45, 7) is 13.8. The zero-order valence-electron chi connectivity index (χ0n) is 20.6. The quantitative estimate of drug-likeness (QED) is 0.287. The normalized spacial score (nSPS) is 12.1. The molecule has 2 heterocycles. The van der Waals surface area contributed by atoms with Crippen LogP contribution in [0.5, 0.6) is 0 Å². The van der Waals surface area contributed by atoms with Crippen LogP contribution in [0.3, 0.4) is 0 Å². The smallest absolute Gasteiger partial charge is 0.141 e. The van der Waals surface area contributed by atoms with Crippen molar-refractivity contribution in [1.29, 1.82) is 0 Å². The highest BCUT2D eigenvalue weighted by Gasteiger charge is 2.23. The van der Waals surface area contributed by atoms with Gasteiger partial charge in [0.1, 0.15) is 11.6 Å². The van der Waals surface area contributed by atoms with Crippen LogP contribution in [-0.4, -0.2) is 26.1 Å². The van der Waals surface area contributed by atoms with Crippen LogP contribution in [-0.2, 0) is 0 Å². The third-order valence-electron chi connectivity index (χ3n) is 6.07. The van der Waals surface area contributed by atoms with E-state index in [0.29, 0.717) is 0 Å². The van der Waals surface area contributed by atoms with Gasteiger partial charge in [-0.3, -0.25) is 9.97 Å². The van der Waals surface area contributed by atoms with Crippen molar-refractivity contribution >= 4 is 26.5 Å². The van der Waals surface area contributed by atoms with E-state index >= 15 is 0 Å². The Morgan fingerprint density at radius 1 is 0.500 bits per heavy atom. The second-order valence-electron chi connectivity index (χ2n) is 10.7. The Balaban J connectivity index is 2.01. The third kappa shape index (κ3) is 5.08. The lowest BCUT2D eigenvalue weighted by Gasteiger charge is -2.23. The Kier molecular flexibility index (Phi) is 6.40. The van der Waals surface area contributed by atoms with Gasteiger partial charge in [0.25, 0.3) is 0 Å². The van der Waals surface area contributed by atoms with Crippen molar-refractivity contribution in [2.24, 2.45) is 0 Å². The molecule has 34 heavy (non-hydrogen) atoms. The minimum Gasteiger partial charge on any atom is -0.253 e. The summed E-state index contributed by atoms with van der Waals surface area (Å²) in [4.78, 5) is 8.82. The Morgan fingerprint density at radius 3 is 1.18 bits per heavy atom. The van der Waals surface area contributed by atoms with Gasteiger partial charge in [0, 0.05) is 11.1 Å². The molecule has 0 saturated heterocycles. The van der Waals surface area contributed by atoms with Gasteiger partial charge in [-0.2, -0.15) is 0 Å². The molecule has 2 aromatic heterocycles. The third-order valence-corrected chi connectivity index (χ3v) is 10.2. The number of aromatic nitrogens is 2. The Morgan fingerprint density at radius 2 is 0.882 bits per heavy atom. The molecule has 0 unspecified atom stereocenters. The molecule has 4 aromatic rings. The number of pyridine rings is 2. The van der Waals surface area contributed by atoms with Gasteiger partial charge >= 0.3 is 0 Å². The molecule has 4 rings (SSSR count). The molecule has 0 aliphatic heterocycles. The van der Waals surface area contributed by atoms with Gasteiger partial charge < -0.3 is 0 Å². The van der Waals surface area contributed by atoms with E-state index in [4.69, 9.17) is 0 Å². The van der Waals surface area contributed by atoms with Crippen molar-refractivity contribution in [2.45, 2.75) is 39.3 Å². The van der Waals surface area contributed by atoms with Gasteiger partial charge in [0.2, 0.25) is 0 Å². The highest BCUT2D eigenvalue weighted by molar-refractivity contribution is 6.89. The lowest BCUT2D eigenvalue weighted by Crippen LogP contribution is -2.37. The fourth-order valence-corrected chi connectivity index (χ4v) is 6.31. The molecule has 0 amide bonds. The van der Waals surface area contributed by atoms with E-state index in [9.17, 15) is 8.78 Å². The van der Waals surface area contributed by atoms with E-state index in [0.717, 1.165) is 33.6 Å². The SMILES string of the molecule is C[Si](C)(C)c1ccc(-c2ccc([Si](C)(C)C)cc2-c2ccc(F)cn2)c(-c2ccc(F)cn2)c1. The van der Waals surface area contributed by atoms with E-state index in [1.807, 2.05) is 0 Å². The summed E-state index contributed by atoms with van der Waals surface area (Å²) in [6.07, 6.45) is 2.52. The summed E-state index contributed by atoms with van der Waals surface area (Å²) < 4.78 is 27.4. The van der Waals surface area contributed by atoms with Crippen LogP contribution in [0.25, 0.3) is 33.6 Å². The summed E-state index contributed by atoms with van der Waals surface area (Å²) in [7, 11) is -3.20. The maximum atomic E-state index is 13.7. The molecule has 0 aliphatic carbocycles. The van der Waals surface area contributed by atoms with Crippen molar-refractivity contribution in [2.75, 3.05) is 0 Å². The number of hydrogen-bond donors (Lipinski definition) is 0.